The van der Waals surface area contributed by atoms with Gasteiger partial charge in [0.15, 0.2) is 0 Å². The number of hydrogen-bond donors (Lipinski definition) is 2. The average molecular weight is 160 g/mol. The van der Waals surface area contributed by atoms with Crippen LogP contribution in [0.1, 0.15) is 0 Å². The van der Waals surface area contributed by atoms with Gasteiger partial charge in [0.25, 0.3) is 0 Å². The summed E-state index contributed by atoms with van der Waals surface area (Å²) in [6.45, 7) is 0. The highest BCUT2D eigenvalue weighted by Crippen LogP contribution is 2.19. The fourth-order valence-electron chi connectivity index (χ4n) is 1.15. The molecule has 3 nitrogen and oxygen atoms in total. The van der Waals surface area contributed by atoms with Crippen LogP contribution in [0.2, 0.25) is 0 Å². The number of nitrogen functional groups attached to an aromatic ring is 1. The van der Waals surface area contributed by atoms with E-state index < -0.39 is 0 Å². The third-order valence-electron chi connectivity index (χ3n) is 1.73. The monoisotopic (exact) mass is 160 g/mol. The molecule has 1 aromatic heterocycles. The fourth-order valence-corrected chi connectivity index (χ4v) is 1.15. The first kappa shape index (κ1) is 6.91. The summed E-state index contributed by atoms with van der Waals surface area (Å²) >= 11 is 0. The van der Waals surface area contributed by atoms with Crippen molar-refractivity contribution in [3.63, 3.8) is 0 Å². The number of fused-ring (bicyclic) bond motifs is 1. The Hall–Kier alpha value is -1.77. The molecule has 0 bridgehead atoms. The predicted octanol–water partition coefficient (Wildman–Crippen LogP) is 1.52. The van der Waals surface area contributed by atoms with Crippen molar-refractivity contribution in [1.82, 2.24) is 4.98 Å². The zero-order valence-electron chi connectivity index (χ0n) is 6.36. The van der Waals surface area contributed by atoms with E-state index in [4.69, 9.17) is 10.8 Å². The molecule has 0 atom stereocenters. The second kappa shape index (κ2) is 2.37. The third-order valence-corrected chi connectivity index (χ3v) is 1.73. The first-order chi connectivity index (χ1) is 5.75. The van der Waals surface area contributed by atoms with Crippen molar-refractivity contribution < 1.29 is 5.11 Å². The van der Waals surface area contributed by atoms with E-state index in [1.807, 2.05) is 6.07 Å². The first-order valence-electron chi connectivity index (χ1n) is 3.60. The van der Waals surface area contributed by atoms with E-state index in [-0.39, 0.29) is 5.75 Å². The molecule has 0 spiro atoms. The minimum atomic E-state index is 0.245. The minimum absolute atomic E-state index is 0.245. The van der Waals surface area contributed by atoms with Gasteiger partial charge in [-0.1, -0.05) is 6.07 Å². The van der Waals surface area contributed by atoms with Crippen molar-refractivity contribution in [2.24, 2.45) is 0 Å². The van der Waals surface area contributed by atoms with Crippen molar-refractivity contribution >= 4 is 16.6 Å². The summed E-state index contributed by atoms with van der Waals surface area (Å²) < 4.78 is 0. The van der Waals surface area contributed by atoms with Crippen molar-refractivity contribution in [1.29, 1.82) is 0 Å². The van der Waals surface area contributed by atoms with Crippen LogP contribution >= 0.6 is 0 Å². The van der Waals surface area contributed by atoms with E-state index in [1.54, 1.807) is 24.4 Å². The van der Waals surface area contributed by atoms with Crippen LogP contribution in [0.4, 0.5) is 5.82 Å². The topological polar surface area (TPSA) is 59.1 Å². The Morgan fingerprint density at radius 1 is 1.17 bits per heavy atom. The zero-order chi connectivity index (χ0) is 8.55. The third kappa shape index (κ3) is 1.05. The smallest absolute Gasteiger partial charge is 0.123 e. The molecule has 60 valence electrons. The van der Waals surface area contributed by atoms with Gasteiger partial charge in [0.2, 0.25) is 0 Å². The van der Waals surface area contributed by atoms with Gasteiger partial charge in [-0.2, -0.15) is 0 Å². The molecule has 0 unspecified atom stereocenters. The second-order valence-electron chi connectivity index (χ2n) is 2.64. The molecular weight excluding hydrogens is 152 g/mol. The van der Waals surface area contributed by atoms with Gasteiger partial charge in [0, 0.05) is 11.6 Å². The lowest BCUT2D eigenvalue weighted by Gasteiger charge is -1.98. The zero-order valence-corrected chi connectivity index (χ0v) is 6.36. The number of rotatable bonds is 0. The summed E-state index contributed by atoms with van der Waals surface area (Å²) in [6.07, 6.45) is 1.64. The highest BCUT2D eigenvalue weighted by atomic mass is 16.3. The van der Waals surface area contributed by atoms with Gasteiger partial charge in [-0.05, 0) is 23.6 Å². The summed E-state index contributed by atoms with van der Waals surface area (Å²) in [4.78, 5) is 3.92. The van der Waals surface area contributed by atoms with E-state index >= 15 is 0 Å². The van der Waals surface area contributed by atoms with Gasteiger partial charge in [0.05, 0.1) is 0 Å². The molecule has 1 aromatic carbocycles. The fraction of sp³-hybridized carbons (Fsp3) is 0. The number of anilines is 1. The molecule has 0 aliphatic carbocycles. The Balaban J connectivity index is 2.79. The molecule has 0 radical (unpaired) electrons. The van der Waals surface area contributed by atoms with Gasteiger partial charge in [-0.3, -0.25) is 0 Å². The number of nitrogens with two attached hydrogens (primary N) is 1. The molecule has 0 saturated heterocycles. The van der Waals surface area contributed by atoms with Gasteiger partial charge in [0.1, 0.15) is 11.6 Å². The summed E-state index contributed by atoms with van der Waals surface area (Å²) in [5.41, 5.74) is 5.49. The minimum Gasteiger partial charge on any atom is -0.508 e. The van der Waals surface area contributed by atoms with Crippen LogP contribution in [0.15, 0.2) is 30.5 Å². The molecule has 0 saturated carbocycles. The van der Waals surface area contributed by atoms with E-state index in [9.17, 15) is 0 Å². The van der Waals surface area contributed by atoms with Gasteiger partial charge >= 0.3 is 0 Å². The van der Waals surface area contributed by atoms with Crippen LogP contribution in [0.5, 0.6) is 5.75 Å². The maximum atomic E-state index is 9.14. The summed E-state index contributed by atoms with van der Waals surface area (Å²) in [5, 5.41) is 11.0. The number of aromatic nitrogens is 1. The maximum Gasteiger partial charge on any atom is 0.123 e. The Morgan fingerprint density at radius 3 is 2.83 bits per heavy atom. The standard InChI is InChI=1S/C9H8N2O/c10-9-4-6-1-2-8(12)3-7(6)5-11-9/h1-5,12H,(H2,10,11). The van der Waals surface area contributed by atoms with Crippen molar-refractivity contribution in [2.75, 3.05) is 5.73 Å². The SMILES string of the molecule is Nc1cc2ccc(O)cc2cn1. The molecule has 2 rings (SSSR count). The highest BCUT2D eigenvalue weighted by molar-refractivity contribution is 5.84. The Morgan fingerprint density at radius 2 is 2.00 bits per heavy atom. The number of nitrogens with zero attached hydrogens (tertiary/aromatic N) is 1. The summed E-state index contributed by atoms with van der Waals surface area (Å²) in [7, 11) is 0. The largest absolute Gasteiger partial charge is 0.508 e. The Labute approximate surface area is 69.5 Å². The number of aromatic hydroxyl groups is 1. The normalized spacial score (nSPS) is 10.3. The first-order valence-corrected chi connectivity index (χ1v) is 3.60. The molecule has 3 N–H and O–H groups in total. The summed E-state index contributed by atoms with van der Waals surface area (Å²) in [6, 6.07) is 6.86. The van der Waals surface area contributed by atoms with E-state index in [1.165, 1.54) is 0 Å². The molecule has 1 heterocycles. The van der Waals surface area contributed by atoms with E-state index in [0.29, 0.717) is 5.82 Å². The van der Waals surface area contributed by atoms with Gasteiger partial charge < -0.3 is 10.8 Å². The highest BCUT2D eigenvalue weighted by Gasteiger charge is 1.95. The quantitative estimate of drug-likeness (QED) is 0.614. The van der Waals surface area contributed by atoms with Gasteiger partial charge in [-0.25, -0.2) is 4.98 Å². The number of phenols is 1. The molecule has 12 heavy (non-hydrogen) atoms. The van der Waals surface area contributed by atoms with Crippen molar-refractivity contribution in [3.05, 3.63) is 30.5 Å². The lowest BCUT2D eigenvalue weighted by atomic mass is 10.2. The lowest BCUT2D eigenvalue weighted by molar-refractivity contribution is 0.476. The van der Waals surface area contributed by atoms with Crippen LogP contribution in [0, 0.1) is 0 Å². The van der Waals surface area contributed by atoms with Crippen LogP contribution in [-0.4, -0.2) is 10.1 Å². The molecular formula is C9H8N2O. The van der Waals surface area contributed by atoms with Crippen LogP contribution in [0.3, 0.4) is 0 Å². The molecule has 0 aliphatic rings. The number of pyridine rings is 1. The Kier molecular flexibility index (Phi) is 1.37. The number of benzene rings is 1. The lowest BCUT2D eigenvalue weighted by Crippen LogP contribution is -1.88. The van der Waals surface area contributed by atoms with Crippen molar-refractivity contribution in [3.8, 4) is 5.75 Å². The molecule has 0 amide bonds. The molecule has 2 aromatic rings. The molecule has 0 aliphatic heterocycles. The number of phenolic OH excluding ortho intramolecular Hbond substituents is 1. The second-order valence-corrected chi connectivity index (χ2v) is 2.64. The van der Waals surface area contributed by atoms with Crippen LogP contribution in [0.25, 0.3) is 10.8 Å². The maximum absolute atomic E-state index is 9.14. The average Bonchev–Trinajstić information content (AvgIpc) is 2.05. The molecule has 3 heteroatoms. The Bertz CT molecular complexity index is 385. The van der Waals surface area contributed by atoms with Crippen LogP contribution < -0.4 is 5.73 Å². The van der Waals surface area contributed by atoms with Crippen LogP contribution in [-0.2, 0) is 0 Å². The van der Waals surface area contributed by atoms with E-state index in [0.717, 1.165) is 10.8 Å². The summed E-state index contributed by atoms with van der Waals surface area (Å²) in [5.74, 6) is 0.738. The number of hydrogen-bond acceptors (Lipinski definition) is 3. The van der Waals surface area contributed by atoms with Crippen molar-refractivity contribution in [2.45, 2.75) is 0 Å². The van der Waals surface area contributed by atoms with Gasteiger partial charge in [-0.15, -0.1) is 0 Å². The predicted molar refractivity (Wildman–Crippen MR) is 47.8 cm³/mol. The van der Waals surface area contributed by atoms with E-state index in [2.05, 4.69) is 4.98 Å². The molecule has 0 fully saturated rings.